The Morgan fingerprint density at radius 1 is 1.10 bits per heavy atom. The molecule has 5 rings (SSSR count). The number of methoxy groups -OCH3 is 1. The molecule has 2 bridgehead atoms. The summed E-state index contributed by atoms with van der Waals surface area (Å²) in [6.07, 6.45) is -0.670. The fourth-order valence-electron chi connectivity index (χ4n) is 5.04. The molecule has 164 valence electrons. The van der Waals surface area contributed by atoms with Crippen LogP contribution in [0.15, 0.2) is 30.3 Å². The number of fused-ring (bicyclic) bond motifs is 3. The molecule has 0 aromatic heterocycles. The van der Waals surface area contributed by atoms with E-state index in [1.54, 1.807) is 0 Å². The first-order chi connectivity index (χ1) is 14.6. The summed E-state index contributed by atoms with van der Waals surface area (Å²) in [7, 11) is 1.38. The third-order valence-electron chi connectivity index (χ3n) is 6.55. The lowest BCUT2D eigenvalue weighted by Gasteiger charge is -2.49. The highest BCUT2D eigenvalue weighted by Gasteiger charge is 2.70. The maximum atomic E-state index is 11.6. The molecule has 8 heteroatoms. The minimum atomic E-state index is -1.14. The summed E-state index contributed by atoms with van der Waals surface area (Å²) in [5, 5.41) is 10.9. The molecule has 4 aliphatic heterocycles. The van der Waals surface area contributed by atoms with Crippen LogP contribution in [0.1, 0.15) is 31.2 Å². The van der Waals surface area contributed by atoms with Crippen LogP contribution < -0.4 is 0 Å². The lowest BCUT2D eigenvalue weighted by molar-refractivity contribution is -0.301. The minimum Gasteiger partial charge on any atom is -0.469 e. The Morgan fingerprint density at radius 2 is 1.87 bits per heavy atom. The molecule has 8 nitrogen and oxygen atoms in total. The van der Waals surface area contributed by atoms with E-state index in [2.05, 4.69) is 0 Å². The SMILES string of the molecule is COC(=O)CC1CCC2O[C@@H]3[C@H]4OC(CCOCc5ccccc5)(OC4[C@H]2O1)[C@H]3O. The highest BCUT2D eigenvalue weighted by atomic mass is 16.8. The smallest absolute Gasteiger partial charge is 0.308 e. The molecule has 1 N–H and O–H groups in total. The lowest BCUT2D eigenvalue weighted by Crippen LogP contribution is -2.65. The van der Waals surface area contributed by atoms with E-state index < -0.39 is 18.0 Å². The molecule has 1 aromatic rings. The van der Waals surface area contributed by atoms with Gasteiger partial charge in [-0.05, 0) is 18.4 Å². The highest BCUT2D eigenvalue weighted by molar-refractivity contribution is 5.69. The minimum absolute atomic E-state index is 0.172. The summed E-state index contributed by atoms with van der Waals surface area (Å²) in [6.45, 7) is 0.876. The highest BCUT2D eigenvalue weighted by Crippen LogP contribution is 2.52. The molecule has 1 aromatic carbocycles. The Labute approximate surface area is 175 Å². The normalized spacial score (nSPS) is 41.5. The number of rotatable bonds is 7. The van der Waals surface area contributed by atoms with Crippen LogP contribution in [0.2, 0.25) is 0 Å². The standard InChI is InChI=1S/C22H28O8/c1-25-16(23)11-14-7-8-15-17(27-14)18-19-20(28-15)21(24)22(29-18,30-19)9-10-26-12-13-5-3-2-4-6-13/h2-6,14-15,17-21,24H,7-12H2,1H3/t14?,15?,17-,18?,19-,20+,21-,22?/m0/s1. The molecule has 0 saturated carbocycles. The second-order valence-electron chi connectivity index (χ2n) is 8.43. The van der Waals surface area contributed by atoms with Gasteiger partial charge in [0, 0.05) is 6.42 Å². The Bertz CT molecular complexity index is 757. The molecule has 0 radical (unpaired) electrons. The molecule has 0 amide bonds. The van der Waals surface area contributed by atoms with Gasteiger partial charge in [0.1, 0.15) is 30.5 Å². The van der Waals surface area contributed by atoms with Crippen molar-refractivity contribution in [3.05, 3.63) is 35.9 Å². The number of hydrogen-bond acceptors (Lipinski definition) is 8. The van der Waals surface area contributed by atoms with Gasteiger partial charge in [-0.25, -0.2) is 0 Å². The van der Waals surface area contributed by atoms with Crippen LogP contribution in [0.4, 0.5) is 0 Å². The van der Waals surface area contributed by atoms with Crippen molar-refractivity contribution < 1.29 is 38.3 Å². The predicted molar refractivity (Wildman–Crippen MR) is 102 cm³/mol. The van der Waals surface area contributed by atoms with E-state index in [0.717, 1.165) is 12.0 Å². The molecule has 4 saturated heterocycles. The van der Waals surface area contributed by atoms with Crippen LogP contribution in [0.3, 0.4) is 0 Å². The second kappa shape index (κ2) is 8.18. The first-order valence-corrected chi connectivity index (χ1v) is 10.6. The Hall–Kier alpha value is -1.55. The van der Waals surface area contributed by atoms with Crippen molar-refractivity contribution in [1.29, 1.82) is 0 Å². The Morgan fingerprint density at radius 3 is 2.63 bits per heavy atom. The zero-order valence-electron chi connectivity index (χ0n) is 17.0. The van der Waals surface area contributed by atoms with E-state index in [1.807, 2.05) is 30.3 Å². The molecular weight excluding hydrogens is 392 g/mol. The van der Waals surface area contributed by atoms with Gasteiger partial charge >= 0.3 is 5.97 Å². The topological polar surface area (TPSA) is 92.7 Å². The van der Waals surface area contributed by atoms with Crippen molar-refractivity contribution in [2.24, 2.45) is 0 Å². The van der Waals surface area contributed by atoms with Crippen molar-refractivity contribution in [3.8, 4) is 0 Å². The summed E-state index contributed by atoms with van der Waals surface area (Å²) >= 11 is 0. The van der Waals surface area contributed by atoms with Crippen molar-refractivity contribution in [1.82, 2.24) is 0 Å². The number of benzene rings is 1. The van der Waals surface area contributed by atoms with Gasteiger partial charge in [0.25, 0.3) is 0 Å². The molecule has 30 heavy (non-hydrogen) atoms. The van der Waals surface area contributed by atoms with Crippen LogP contribution in [0.25, 0.3) is 0 Å². The predicted octanol–water partition coefficient (Wildman–Crippen LogP) is 1.33. The summed E-state index contributed by atoms with van der Waals surface area (Å²) in [5.74, 6) is -1.43. The maximum absolute atomic E-state index is 11.6. The molecule has 4 heterocycles. The summed E-state index contributed by atoms with van der Waals surface area (Å²) < 4.78 is 35.3. The number of aliphatic hydroxyl groups excluding tert-OH is 1. The average Bonchev–Trinajstić information content (AvgIpc) is 3.29. The van der Waals surface area contributed by atoms with Gasteiger partial charge in [0.15, 0.2) is 5.79 Å². The molecule has 4 fully saturated rings. The number of esters is 1. The van der Waals surface area contributed by atoms with Gasteiger partial charge in [-0.15, -0.1) is 0 Å². The first-order valence-electron chi connectivity index (χ1n) is 10.6. The van der Waals surface area contributed by atoms with Gasteiger partial charge in [-0.2, -0.15) is 0 Å². The first kappa shape index (κ1) is 20.4. The number of carbonyl (C=O) groups excluding carboxylic acids is 1. The van der Waals surface area contributed by atoms with Gasteiger partial charge in [-0.3, -0.25) is 4.79 Å². The molecule has 4 unspecified atom stereocenters. The van der Waals surface area contributed by atoms with E-state index >= 15 is 0 Å². The number of hydrogen-bond donors (Lipinski definition) is 1. The van der Waals surface area contributed by atoms with Gasteiger partial charge in [-0.1, -0.05) is 30.3 Å². The van der Waals surface area contributed by atoms with Crippen LogP contribution in [0.5, 0.6) is 0 Å². The third-order valence-corrected chi connectivity index (χ3v) is 6.55. The third kappa shape index (κ3) is 3.55. The second-order valence-corrected chi connectivity index (χ2v) is 8.43. The summed E-state index contributed by atoms with van der Waals surface area (Å²) in [4.78, 5) is 11.6. The van der Waals surface area contributed by atoms with Crippen LogP contribution in [-0.4, -0.2) is 73.3 Å². The maximum Gasteiger partial charge on any atom is 0.308 e. The molecule has 8 atom stereocenters. The van der Waals surface area contributed by atoms with E-state index in [1.165, 1.54) is 7.11 Å². The zero-order chi connectivity index (χ0) is 20.7. The van der Waals surface area contributed by atoms with Crippen LogP contribution in [-0.2, 0) is 39.8 Å². The average molecular weight is 420 g/mol. The van der Waals surface area contributed by atoms with Crippen molar-refractivity contribution in [2.45, 2.75) is 80.8 Å². The number of aliphatic hydroxyl groups is 1. The molecule has 0 spiro atoms. The zero-order valence-corrected chi connectivity index (χ0v) is 17.0. The number of ether oxygens (including phenoxy) is 6. The largest absolute Gasteiger partial charge is 0.469 e. The fourth-order valence-corrected chi connectivity index (χ4v) is 5.04. The van der Waals surface area contributed by atoms with Gasteiger partial charge in [0.05, 0.1) is 39.0 Å². The van der Waals surface area contributed by atoms with Crippen molar-refractivity contribution in [2.75, 3.05) is 13.7 Å². The van der Waals surface area contributed by atoms with Crippen molar-refractivity contribution in [3.63, 3.8) is 0 Å². The van der Waals surface area contributed by atoms with E-state index in [4.69, 9.17) is 28.4 Å². The monoisotopic (exact) mass is 420 g/mol. The fraction of sp³-hybridized carbons (Fsp3) is 0.682. The van der Waals surface area contributed by atoms with Crippen LogP contribution in [0, 0.1) is 0 Å². The van der Waals surface area contributed by atoms with Crippen LogP contribution >= 0.6 is 0 Å². The summed E-state index contributed by atoms with van der Waals surface area (Å²) in [5.41, 5.74) is 1.09. The van der Waals surface area contributed by atoms with E-state index in [9.17, 15) is 9.90 Å². The molecule has 4 aliphatic rings. The molecule has 0 aliphatic carbocycles. The Kier molecular flexibility index (Phi) is 5.55. The molecular formula is C22H28O8. The van der Waals surface area contributed by atoms with E-state index in [0.29, 0.717) is 26.1 Å². The van der Waals surface area contributed by atoms with Gasteiger partial charge < -0.3 is 33.5 Å². The van der Waals surface area contributed by atoms with Gasteiger partial charge in [0.2, 0.25) is 0 Å². The van der Waals surface area contributed by atoms with Crippen molar-refractivity contribution >= 4 is 5.97 Å². The van der Waals surface area contributed by atoms with E-state index in [-0.39, 0.29) is 42.9 Å². The lowest BCUT2D eigenvalue weighted by atomic mass is 9.85. The number of carbonyl (C=O) groups is 1. The quantitative estimate of drug-likeness (QED) is 0.522. The Balaban J connectivity index is 1.21. The summed E-state index contributed by atoms with van der Waals surface area (Å²) in [6, 6.07) is 9.92.